The molecule has 0 aliphatic rings. The molecule has 0 aromatic heterocycles. The summed E-state index contributed by atoms with van der Waals surface area (Å²) >= 11 is 0. The number of aryl methyl sites for hydroxylation is 1. The maximum Gasteiger partial charge on any atom is 0.248 e. The van der Waals surface area contributed by atoms with Crippen LogP contribution in [0.25, 0.3) is 0 Å². The van der Waals surface area contributed by atoms with Crippen molar-refractivity contribution in [2.75, 3.05) is 5.32 Å². The summed E-state index contributed by atoms with van der Waals surface area (Å²) in [5.41, 5.74) is 12.3. The van der Waals surface area contributed by atoms with E-state index in [0.29, 0.717) is 11.3 Å². The van der Waals surface area contributed by atoms with Crippen LogP contribution in [0.2, 0.25) is 0 Å². The third kappa shape index (κ3) is 4.18. The number of benzene rings is 1. The highest BCUT2D eigenvalue weighted by Gasteiger charge is 2.17. The smallest absolute Gasteiger partial charge is 0.248 e. The fourth-order valence-corrected chi connectivity index (χ4v) is 1.57. The predicted molar refractivity (Wildman–Crippen MR) is 71.2 cm³/mol. The average molecular weight is 249 g/mol. The highest BCUT2D eigenvalue weighted by Crippen LogP contribution is 2.17. The van der Waals surface area contributed by atoms with E-state index in [1.807, 2.05) is 0 Å². The molecular weight excluding hydrogens is 230 g/mol. The van der Waals surface area contributed by atoms with E-state index in [2.05, 4.69) is 5.32 Å². The minimum atomic E-state index is -0.550. The van der Waals surface area contributed by atoms with Crippen molar-refractivity contribution in [3.8, 4) is 0 Å². The maximum atomic E-state index is 11.7. The van der Waals surface area contributed by atoms with Gasteiger partial charge in [0.25, 0.3) is 0 Å². The molecule has 0 aliphatic heterocycles. The summed E-state index contributed by atoms with van der Waals surface area (Å²) < 4.78 is 0. The van der Waals surface area contributed by atoms with Gasteiger partial charge in [-0.3, -0.25) is 9.59 Å². The maximum absolute atomic E-state index is 11.7. The number of nitrogens with two attached hydrogens (primary N) is 2. The van der Waals surface area contributed by atoms with Gasteiger partial charge in [0.15, 0.2) is 0 Å². The summed E-state index contributed by atoms with van der Waals surface area (Å²) in [7, 11) is 0. The quantitative estimate of drug-likeness (QED) is 0.746. The Labute approximate surface area is 107 Å². The van der Waals surface area contributed by atoms with Crippen LogP contribution in [0.1, 0.15) is 36.2 Å². The molecule has 0 fully saturated rings. The minimum Gasteiger partial charge on any atom is -0.366 e. The van der Waals surface area contributed by atoms with Crippen LogP contribution in [0.5, 0.6) is 0 Å². The zero-order chi connectivity index (χ0) is 13.9. The van der Waals surface area contributed by atoms with Gasteiger partial charge in [0.1, 0.15) is 0 Å². The van der Waals surface area contributed by atoms with Crippen LogP contribution in [0, 0.1) is 6.92 Å². The van der Waals surface area contributed by atoms with Crippen molar-refractivity contribution in [2.24, 2.45) is 11.5 Å². The molecule has 0 saturated heterocycles. The van der Waals surface area contributed by atoms with Crippen molar-refractivity contribution < 1.29 is 9.59 Å². The molecule has 98 valence electrons. The van der Waals surface area contributed by atoms with Gasteiger partial charge in [0, 0.05) is 23.2 Å². The third-order valence-corrected chi connectivity index (χ3v) is 2.40. The molecule has 0 unspecified atom stereocenters. The Morgan fingerprint density at radius 2 is 1.94 bits per heavy atom. The number of primary amides is 1. The van der Waals surface area contributed by atoms with Crippen molar-refractivity contribution in [1.29, 1.82) is 0 Å². The molecule has 5 N–H and O–H groups in total. The van der Waals surface area contributed by atoms with Gasteiger partial charge in [-0.15, -0.1) is 0 Å². The van der Waals surface area contributed by atoms with Crippen molar-refractivity contribution in [1.82, 2.24) is 0 Å². The summed E-state index contributed by atoms with van der Waals surface area (Å²) in [6.07, 6.45) is 0.226. The lowest BCUT2D eigenvalue weighted by Crippen LogP contribution is -2.36. The molecule has 1 rings (SSSR count). The normalized spacial score (nSPS) is 11.1. The number of rotatable bonds is 4. The van der Waals surface area contributed by atoms with E-state index in [1.54, 1.807) is 39.0 Å². The first-order chi connectivity index (χ1) is 8.19. The zero-order valence-electron chi connectivity index (χ0n) is 10.9. The number of hydrogen-bond acceptors (Lipinski definition) is 3. The Morgan fingerprint density at radius 3 is 2.39 bits per heavy atom. The monoisotopic (exact) mass is 249 g/mol. The molecule has 0 aliphatic carbocycles. The SMILES string of the molecule is Cc1cc(C(N)=O)ccc1NC(=O)CC(C)(C)N. The second-order valence-electron chi connectivity index (χ2n) is 5.11. The molecule has 18 heavy (non-hydrogen) atoms. The van der Waals surface area contributed by atoms with Gasteiger partial charge >= 0.3 is 0 Å². The number of carbonyl (C=O) groups excluding carboxylic acids is 2. The summed E-state index contributed by atoms with van der Waals surface area (Å²) in [4.78, 5) is 22.7. The molecule has 0 atom stereocenters. The molecule has 0 saturated carbocycles. The number of anilines is 1. The van der Waals surface area contributed by atoms with Gasteiger partial charge < -0.3 is 16.8 Å². The van der Waals surface area contributed by atoms with E-state index in [9.17, 15) is 9.59 Å². The second-order valence-corrected chi connectivity index (χ2v) is 5.11. The van der Waals surface area contributed by atoms with E-state index in [1.165, 1.54) is 0 Å². The second kappa shape index (κ2) is 5.18. The molecular formula is C13H19N3O2. The Balaban J connectivity index is 2.80. The molecule has 0 radical (unpaired) electrons. The number of carbonyl (C=O) groups is 2. The average Bonchev–Trinajstić information content (AvgIpc) is 2.17. The third-order valence-electron chi connectivity index (χ3n) is 2.40. The van der Waals surface area contributed by atoms with Gasteiger partial charge in [-0.25, -0.2) is 0 Å². The summed E-state index contributed by atoms with van der Waals surface area (Å²) in [6.45, 7) is 5.38. The van der Waals surface area contributed by atoms with E-state index in [4.69, 9.17) is 11.5 Å². The van der Waals surface area contributed by atoms with Gasteiger partial charge in [0.2, 0.25) is 11.8 Å². The van der Waals surface area contributed by atoms with Crippen LogP contribution in [0.4, 0.5) is 5.69 Å². The number of hydrogen-bond donors (Lipinski definition) is 3. The van der Waals surface area contributed by atoms with Crippen LogP contribution >= 0.6 is 0 Å². The van der Waals surface area contributed by atoms with Gasteiger partial charge in [-0.2, -0.15) is 0 Å². The highest BCUT2D eigenvalue weighted by molar-refractivity contribution is 5.95. The Bertz CT molecular complexity index is 476. The van der Waals surface area contributed by atoms with E-state index < -0.39 is 11.4 Å². The standard InChI is InChI=1S/C13H19N3O2/c1-8-6-9(12(14)18)4-5-10(8)16-11(17)7-13(2,3)15/h4-6H,7,15H2,1-3H3,(H2,14,18)(H,16,17). The topological polar surface area (TPSA) is 98.2 Å². The van der Waals surface area contributed by atoms with E-state index >= 15 is 0 Å². The molecule has 1 aromatic carbocycles. The van der Waals surface area contributed by atoms with E-state index in [0.717, 1.165) is 5.56 Å². The highest BCUT2D eigenvalue weighted by atomic mass is 16.2. The number of nitrogens with one attached hydrogen (secondary N) is 1. The van der Waals surface area contributed by atoms with Gasteiger partial charge in [0.05, 0.1) is 0 Å². The lowest BCUT2D eigenvalue weighted by Gasteiger charge is -2.18. The lowest BCUT2D eigenvalue weighted by molar-refractivity contribution is -0.117. The molecule has 5 nitrogen and oxygen atoms in total. The Morgan fingerprint density at radius 1 is 1.33 bits per heavy atom. The molecule has 1 aromatic rings. The van der Waals surface area contributed by atoms with Crippen molar-refractivity contribution in [2.45, 2.75) is 32.7 Å². The van der Waals surface area contributed by atoms with Crippen LogP contribution in [0.3, 0.4) is 0 Å². The fraction of sp³-hybridized carbons (Fsp3) is 0.385. The van der Waals surface area contributed by atoms with Crippen molar-refractivity contribution in [3.05, 3.63) is 29.3 Å². The molecule has 2 amide bonds. The Hall–Kier alpha value is -1.88. The van der Waals surface area contributed by atoms with Crippen LogP contribution in [0.15, 0.2) is 18.2 Å². The molecule has 0 bridgehead atoms. The van der Waals surface area contributed by atoms with Crippen LogP contribution < -0.4 is 16.8 Å². The fourth-order valence-electron chi connectivity index (χ4n) is 1.57. The van der Waals surface area contributed by atoms with Gasteiger partial charge in [-0.05, 0) is 44.5 Å². The first-order valence-corrected chi connectivity index (χ1v) is 5.68. The summed E-state index contributed by atoms with van der Waals surface area (Å²) in [5.74, 6) is -0.642. The molecule has 0 heterocycles. The predicted octanol–water partition coefficient (Wildman–Crippen LogP) is 1.16. The molecule has 5 heteroatoms. The van der Waals surface area contributed by atoms with Crippen molar-refractivity contribution >= 4 is 17.5 Å². The molecule has 0 spiro atoms. The largest absolute Gasteiger partial charge is 0.366 e. The van der Waals surface area contributed by atoms with Crippen molar-refractivity contribution in [3.63, 3.8) is 0 Å². The minimum absolute atomic E-state index is 0.155. The summed E-state index contributed by atoms with van der Waals surface area (Å²) in [6, 6.07) is 4.89. The zero-order valence-corrected chi connectivity index (χ0v) is 10.9. The first kappa shape index (κ1) is 14.2. The Kier molecular flexibility index (Phi) is 4.08. The summed E-state index contributed by atoms with van der Waals surface area (Å²) in [5, 5.41) is 2.76. The van der Waals surface area contributed by atoms with E-state index in [-0.39, 0.29) is 12.3 Å². The lowest BCUT2D eigenvalue weighted by atomic mass is 10.0. The number of amides is 2. The van der Waals surface area contributed by atoms with Crippen LogP contribution in [-0.4, -0.2) is 17.4 Å². The van der Waals surface area contributed by atoms with Crippen LogP contribution in [-0.2, 0) is 4.79 Å². The van der Waals surface area contributed by atoms with Gasteiger partial charge in [-0.1, -0.05) is 0 Å². The first-order valence-electron chi connectivity index (χ1n) is 5.68.